The summed E-state index contributed by atoms with van der Waals surface area (Å²) < 4.78 is 7.45. The highest BCUT2D eigenvalue weighted by Gasteiger charge is 2.34. The molecule has 10 heteroatoms. The minimum Gasteiger partial charge on any atom is -0.495 e. The highest BCUT2D eigenvalue weighted by atomic mass is 16.5. The second kappa shape index (κ2) is 13.4. The summed E-state index contributed by atoms with van der Waals surface area (Å²) in [7, 11) is 1.68. The van der Waals surface area contributed by atoms with Crippen molar-refractivity contribution in [3.05, 3.63) is 54.2 Å². The van der Waals surface area contributed by atoms with Gasteiger partial charge in [0.15, 0.2) is 0 Å². The van der Waals surface area contributed by atoms with Crippen LogP contribution in [-0.2, 0) is 4.79 Å². The van der Waals surface area contributed by atoms with Gasteiger partial charge in [0.25, 0.3) is 0 Å². The Hall–Kier alpha value is -3.95. The summed E-state index contributed by atoms with van der Waals surface area (Å²) in [6, 6.07) is 8.66. The molecule has 44 heavy (non-hydrogen) atoms. The lowest BCUT2D eigenvalue weighted by Gasteiger charge is -2.35. The summed E-state index contributed by atoms with van der Waals surface area (Å²) >= 11 is 0. The zero-order valence-electron chi connectivity index (χ0n) is 25.8. The molecule has 3 fully saturated rings. The lowest BCUT2D eigenvalue weighted by molar-refractivity contribution is -0.123. The number of hydrogen-bond donors (Lipinski definition) is 2. The number of amides is 2. The van der Waals surface area contributed by atoms with Crippen molar-refractivity contribution >= 4 is 17.8 Å². The highest BCUT2D eigenvalue weighted by molar-refractivity contribution is 5.94. The summed E-state index contributed by atoms with van der Waals surface area (Å²) in [5.41, 5.74) is 4.12. The van der Waals surface area contributed by atoms with Gasteiger partial charge in [-0.3, -0.25) is 19.4 Å². The number of carbonyl (C=O) groups excluding carboxylic acids is 1. The number of anilines is 1. The van der Waals surface area contributed by atoms with Gasteiger partial charge in [-0.1, -0.05) is 0 Å². The minimum absolute atomic E-state index is 0.0815. The monoisotopic (exact) mass is 600 g/mol. The van der Waals surface area contributed by atoms with E-state index in [0.717, 1.165) is 79.6 Å². The molecule has 0 radical (unpaired) electrons. The maximum Gasteiger partial charge on any atom is 0.404 e. The van der Waals surface area contributed by atoms with Gasteiger partial charge in [-0.25, -0.2) is 9.78 Å². The van der Waals surface area contributed by atoms with Crippen LogP contribution >= 0.6 is 0 Å². The lowest BCUT2D eigenvalue weighted by atomic mass is 9.79. The number of nitrogens with one attached hydrogen (secondary N) is 1. The number of pyridine rings is 2. The largest absolute Gasteiger partial charge is 0.495 e. The van der Waals surface area contributed by atoms with Gasteiger partial charge < -0.3 is 15.2 Å². The molecule has 234 valence electrons. The van der Waals surface area contributed by atoms with Crippen molar-refractivity contribution in [1.29, 1.82) is 0 Å². The number of aromatic nitrogens is 4. The fourth-order valence-corrected chi connectivity index (χ4v) is 7.04. The van der Waals surface area contributed by atoms with Gasteiger partial charge in [0, 0.05) is 48.6 Å². The van der Waals surface area contributed by atoms with Crippen molar-refractivity contribution in [2.75, 3.05) is 25.1 Å². The number of rotatable bonds is 10. The molecule has 3 aliphatic carbocycles. The van der Waals surface area contributed by atoms with Crippen molar-refractivity contribution in [1.82, 2.24) is 25.1 Å². The first-order chi connectivity index (χ1) is 21.4. The molecule has 2 amide bonds. The van der Waals surface area contributed by atoms with E-state index >= 15 is 0 Å². The molecule has 0 spiro atoms. The lowest BCUT2D eigenvalue weighted by Crippen LogP contribution is -2.42. The van der Waals surface area contributed by atoms with Gasteiger partial charge in [-0.15, -0.1) is 0 Å². The van der Waals surface area contributed by atoms with Crippen LogP contribution in [0.25, 0.3) is 11.1 Å². The summed E-state index contributed by atoms with van der Waals surface area (Å²) in [5, 5.41) is 16.1. The van der Waals surface area contributed by atoms with Crippen LogP contribution in [0.5, 0.6) is 5.75 Å². The van der Waals surface area contributed by atoms with Gasteiger partial charge in [-0.2, -0.15) is 5.10 Å². The zero-order chi connectivity index (χ0) is 30.6. The molecule has 10 nitrogen and oxygen atoms in total. The molecule has 6 rings (SSSR count). The summed E-state index contributed by atoms with van der Waals surface area (Å²) in [4.78, 5) is 36.7. The van der Waals surface area contributed by atoms with Crippen LogP contribution in [0.15, 0.2) is 42.9 Å². The third-order valence-electron chi connectivity index (χ3n) is 9.87. The van der Waals surface area contributed by atoms with Crippen molar-refractivity contribution in [3.63, 3.8) is 0 Å². The van der Waals surface area contributed by atoms with Crippen molar-refractivity contribution in [2.24, 2.45) is 17.8 Å². The zero-order valence-corrected chi connectivity index (χ0v) is 25.8. The van der Waals surface area contributed by atoms with Gasteiger partial charge in [-0.05, 0) is 113 Å². The fraction of sp³-hybridized carbons (Fsp3) is 0.559. The second-order valence-corrected chi connectivity index (χ2v) is 12.9. The van der Waals surface area contributed by atoms with E-state index < -0.39 is 6.09 Å². The first-order valence-corrected chi connectivity index (χ1v) is 16.2. The fourth-order valence-electron chi connectivity index (χ4n) is 7.04. The Morgan fingerprint density at radius 2 is 1.75 bits per heavy atom. The normalized spacial score (nSPS) is 23.6. The topological polar surface area (TPSA) is 122 Å². The van der Waals surface area contributed by atoms with E-state index in [9.17, 15) is 9.59 Å². The van der Waals surface area contributed by atoms with Gasteiger partial charge >= 0.3 is 6.09 Å². The number of hydrogen-bond acceptors (Lipinski definition) is 6. The molecule has 0 aromatic carbocycles. The maximum atomic E-state index is 14.2. The van der Waals surface area contributed by atoms with E-state index in [0.29, 0.717) is 36.8 Å². The third-order valence-corrected chi connectivity index (χ3v) is 9.87. The number of carbonyl (C=O) groups is 2. The van der Waals surface area contributed by atoms with Crippen LogP contribution in [0.2, 0.25) is 0 Å². The first-order valence-electron chi connectivity index (χ1n) is 16.2. The SMILES string of the molecule is COc1ccc(C2CCC(CN(C(=O)C3CCC(CNC(=O)O)CC3)c3cc(-c4cnn(C5CC5)c4)ccn3)CC2)nc1C. The third kappa shape index (κ3) is 7.05. The van der Waals surface area contributed by atoms with Crippen LogP contribution in [0.3, 0.4) is 0 Å². The van der Waals surface area contributed by atoms with Crippen molar-refractivity contribution < 1.29 is 19.4 Å². The molecule has 3 heterocycles. The smallest absolute Gasteiger partial charge is 0.404 e. The van der Waals surface area contributed by atoms with E-state index in [-0.39, 0.29) is 17.7 Å². The molecule has 3 aromatic rings. The quantitative estimate of drug-likeness (QED) is 0.277. The van der Waals surface area contributed by atoms with Gasteiger partial charge in [0.1, 0.15) is 11.6 Å². The van der Waals surface area contributed by atoms with Crippen LogP contribution in [-0.4, -0.2) is 57.1 Å². The predicted octanol–water partition coefficient (Wildman–Crippen LogP) is 6.37. The summed E-state index contributed by atoms with van der Waals surface area (Å²) in [6.45, 7) is 3.09. The predicted molar refractivity (Wildman–Crippen MR) is 168 cm³/mol. The van der Waals surface area contributed by atoms with E-state index in [1.165, 1.54) is 12.8 Å². The maximum absolute atomic E-state index is 14.2. The molecule has 3 aliphatic rings. The number of aryl methyl sites for hydroxylation is 1. The number of ether oxygens (including phenoxy) is 1. The van der Waals surface area contributed by atoms with Crippen molar-refractivity contribution in [2.45, 2.75) is 83.1 Å². The Morgan fingerprint density at radius 3 is 2.43 bits per heavy atom. The van der Waals surface area contributed by atoms with E-state index in [1.54, 1.807) is 7.11 Å². The minimum atomic E-state index is -0.990. The van der Waals surface area contributed by atoms with Crippen LogP contribution in [0.1, 0.15) is 87.6 Å². The molecule has 0 unspecified atom stereocenters. The summed E-state index contributed by atoms with van der Waals surface area (Å²) in [5.74, 6) is 2.66. The Kier molecular flexibility index (Phi) is 9.14. The highest BCUT2D eigenvalue weighted by Crippen LogP contribution is 2.39. The van der Waals surface area contributed by atoms with Crippen LogP contribution in [0, 0.1) is 24.7 Å². The molecule has 3 saturated carbocycles. The van der Waals surface area contributed by atoms with Crippen LogP contribution in [0.4, 0.5) is 10.6 Å². The number of methoxy groups -OCH3 is 1. The second-order valence-electron chi connectivity index (χ2n) is 12.9. The molecular formula is C34H44N6O4. The van der Waals surface area contributed by atoms with Gasteiger partial charge in [0.2, 0.25) is 5.91 Å². The molecule has 3 aromatic heterocycles. The average Bonchev–Trinajstić information content (AvgIpc) is 3.78. The Labute approximate surface area is 259 Å². The number of carboxylic acid groups (broad SMARTS) is 1. The standard InChI is InChI=1S/C34H44N6O4/c1-22-31(44-2)14-13-30(38-22)25-7-5-24(6-8-25)20-39(33(41)26-9-3-23(4-10-26)18-36-34(42)43)32-17-27(15-16-35-32)28-19-37-40(21-28)29-11-12-29/h13-17,19,21,23-26,29,36H,3-12,18,20H2,1-2H3,(H,42,43). The Balaban J connectivity index is 1.17. The molecule has 0 atom stereocenters. The van der Waals surface area contributed by atoms with Gasteiger partial charge in [0.05, 0.1) is 25.0 Å². The Bertz CT molecular complexity index is 1450. The van der Waals surface area contributed by atoms with Crippen LogP contribution < -0.4 is 15.0 Å². The first kappa shape index (κ1) is 30.1. The Morgan fingerprint density at radius 1 is 1.00 bits per heavy atom. The molecular weight excluding hydrogens is 556 g/mol. The molecule has 0 aliphatic heterocycles. The van der Waals surface area contributed by atoms with Crippen molar-refractivity contribution in [3.8, 4) is 16.9 Å². The number of nitrogens with zero attached hydrogens (tertiary/aromatic N) is 5. The molecule has 0 bridgehead atoms. The van der Waals surface area contributed by atoms with E-state index in [4.69, 9.17) is 19.8 Å². The molecule has 0 saturated heterocycles. The molecule has 2 N–H and O–H groups in total. The summed E-state index contributed by atoms with van der Waals surface area (Å²) in [6.07, 6.45) is 14.6. The van der Waals surface area contributed by atoms with E-state index in [1.807, 2.05) is 47.1 Å². The van der Waals surface area contributed by atoms with E-state index in [2.05, 4.69) is 22.7 Å². The average molecular weight is 601 g/mol.